The number of hydrogen-bond acceptors (Lipinski definition) is 3. The molecule has 1 heterocycles. The van der Waals surface area contributed by atoms with Crippen molar-refractivity contribution in [1.82, 2.24) is 4.90 Å². The Morgan fingerprint density at radius 1 is 1.00 bits per heavy atom. The SMILES string of the molecule is N[C@H]1CC[C@H](CCN2CCC(Oc3ccc(F)cc3)CC2)CC1. The third kappa shape index (κ3) is 5.18. The highest BCUT2D eigenvalue weighted by atomic mass is 19.1. The van der Waals surface area contributed by atoms with E-state index in [2.05, 4.69) is 4.90 Å². The van der Waals surface area contributed by atoms with E-state index in [-0.39, 0.29) is 11.9 Å². The maximum atomic E-state index is 12.9. The van der Waals surface area contributed by atoms with E-state index in [9.17, 15) is 4.39 Å². The minimum absolute atomic E-state index is 0.212. The van der Waals surface area contributed by atoms with Crippen molar-refractivity contribution in [3.63, 3.8) is 0 Å². The molecule has 4 heteroatoms. The fraction of sp³-hybridized carbons (Fsp3) is 0.684. The molecule has 0 bridgehead atoms. The lowest BCUT2D eigenvalue weighted by molar-refractivity contribution is 0.0952. The van der Waals surface area contributed by atoms with Crippen LogP contribution in [0.2, 0.25) is 0 Å². The van der Waals surface area contributed by atoms with Gasteiger partial charge < -0.3 is 15.4 Å². The van der Waals surface area contributed by atoms with Crippen LogP contribution in [0.5, 0.6) is 5.75 Å². The van der Waals surface area contributed by atoms with E-state index in [1.54, 1.807) is 12.1 Å². The van der Waals surface area contributed by atoms with Gasteiger partial charge in [0.25, 0.3) is 0 Å². The number of piperidine rings is 1. The van der Waals surface area contributed by atoms with Crippen LogP contribution in [-0.4, -0.2) is 36.7 Å². The summed E-state index contributed by atoms with van der Waals surface area (Å²) in [6.45, 7) is 3.43. The van der Waals surface area contributed by atoms with Gasteiger partial charge in [-0.25, -0.2) is 4.39 Å². The predicted octanol–water partition coefficient (Wildman–Crippen LogP) is 3.58. The molecule has 128 valence electrons. The molecule has 1 aliphatic heterocycles. The molecular weight excluding hydrogens is 291 g/mol. The summed E-state index contributed by atoms with van der Waals surface area (Å²) in [6, 6.07) is 6.80. The van der Waals surface area contributed by atoms with Crippen LogP contribution in [0.1, 0.15) is 44.9 Å². The van der Waals surface area contributed by atoms with Gasteiger partial charge in [-0.2, -0.15) is 0 Å². The molecule has 1 saturated heterocycles. The fourth-order valence-electron chi connectivity index (χ4n) is 3.80. The van der Waals surface area contributed by atoms with Crippen molar-refractivity contribution in [2.75, 3.05) is 19.6 Å². The second-order valence-corrected chi connectivity index (χ2v) is 7.18. The monoisotopic (exact) mass is 320 g/mol. The van der Waals surface area contributed by atoms with Gasteiger partial charge in [0.2, 0.25) is 0 Å². The Morgan fingerprint density at radius 3 is 2.30 bits per heavy atom. The highest BCUT2D eigenvalue weighted by Crippen LogP contribution is 2.27. The minimum atomic E-state index is -0.212. The fourth-order valence-corrected chi connectivity index (χ4v) is 3.80. The summed E-state index contributed by atoms with van der Waals surface area (Å²) in [5, 5.41) is 0. The quantitative estimate of drug-likeness (QED) is 0.901. The lowest BCUT2D eigenvalue weighted by Crippen LogP contribution is -2.39. The van der Waals surface area contributed by atoms with Gasteiger partial charge in [-0.05, 0) is 81.7 Å². The Kier molecular flexibility index (Phi) is 5.90. The summed E-state index contributed by atoms with van der Waals surface area (Å²) in [6.07, 6.45) is 8.74. The zero-order valence-corrected chi connectivity index (χ0v) is 13.9. The molecule has 2 aliphatic rings. The third-order valence-electron chi connectivity index (χ3n) is 5.40. The third-order valence-corrected chi connectivity index (χ3v) is 5.40. The molecule has 0 unspecified atom stereocenters. The summed E-state index contributed by atoms with van der Waals surface area (Å²) in [5.41, 5.74) is 5.98. The van der Waals surface area contributed by atoms with Crippen LogP contribution in [0, 0.1) is 11.7 Å². The van der Waals surface area contributed by atoms with Crippen molar-refractivity contribution in [2.45, 2.75) is 57.1 Å². The summed E-state index contributed by atoms with van der Waals surface area (Å²) >= 11 is 0. The number of nitrogens with two attached hydrogens (primary N) is 1. The summed E-state index contributed by atoms with van der Waals surface area (Å²) in [4.78, 5) is 2.57. The van der Waals surface area contributed by atoms with E-state index in [0.717, 1.165) is 37.6 Å². The lowest BCUT2D eigenvalue weighted by Gasteiger charge is -2.34. The molecule has 3 rings (SSSR count). The van der Waals surface area contributed by atoms with Gasteiger partial charge in [0, 0.05) is 19.1 Å². The van der Waals surface area contributed by atoms with Gasteiger partial charge in [0.15, 0.2) is 0 Å². The second-order valence-electron chi connectivity index (χ2n) is 7.18. The van der Waals surface area contributed by atoms with Crippen LogP contribution >= 0.6 is 0 Å². The smallest absolute Gasteiger partial charge is 0.123 e. The van der Waals surface area contributed by atoms with E-state index in [4.69, 9.17) is 10.5 Å². The van der Waals surface area contributed by atoms with Crippen molar-refractivity contribution in [2.24, 2.45) is 11.7 Å². The summed E-state index contributed by atoms with van der Waals surface area (Å²) in [5.74, 6) is 1.45. The average Bonchev–Trinajstić information content (AvgIpc) is 2.58. The number of hydrogen-bond donors (Lipinski definition) is 1. The van der Waals surface area contributed by atoms with E-state index in [1.807, 2.05) is 0 Å². The van der Waals surface area contributed by atoms with Crippen LogP contribution in [-0.2, 0) is 0 Å². The van der Waals surface area contributed by atoms with E-state index in [0.29, 0.717) is 6.04 Å². The number of nitrogens with zero attached hydrogens (tertiary/aromatic N) is 1. The van der Waals surface area contributed by atoms with Crippen molar-refractivity contribution < 1.29 is 9.13 Å². The molecule has 2 N–H and O–H groups in total. The number of ether oxygens (including phenoxy) is 1. The number of benzene rings is 1. The Bertz CT molecular complexity index is 463. The first kappa shape index (κ1) is 16.7. The molecule has 1 aromatic rings. The second kappa shape index (κ2) is 8.11. The molecule has 1 aliphatic carbocycles. The maximum absolute atomic E-state index is 12.9. The van der Waals surface area contributed by atoms with Gasteiger partial charge in [-0.3, -0.25) is 0 Å². The van der Waals surface area contributed by atoms with Crippen LogP contribution in [0.4, 0.5) is 4.39 Å². The predicted molar refractivity (Wildman–Crippen MR) is 91.0 cm³/mol. The molecule has 1 aromatic carbocycles. The van der Waals surface area contributed by atoms with Crippen molar-refractivity contribution in [3.05, 3.63) is 30.1 Å². The molecule has 0 radical (unpaired) electrons. The Labute approximate surface area is 139 Å². The average molecular weight is 320 g/mol. The number of halogens is 1. The van der Waals surface area contributed by atoms with Gasteiger partial charge in [0.1, 0.15) is 17.7 Å². The van der Waals surface area contributed by atoms with Crippen molar-refractivity contribution in [3.8, 4) is 5.75 Å². The normalized spacial score (nSPS) is 27.0. The zero-order valence-electron chi connectivity index (χ0n) is 13.9. The molecule has 0 atom stereocenters. The lowest BCUT2D eigenvalue weighted by atomic mass is 9.84. The summed E-state index contributed by atoms with van der Waals surface area (Å²) in [7, 11) is 0. The Morgan fingerprint density at radius 2 is 1.65 bits per heavy atom. The Balaban J connectivity index is 1.34. The number of rotatable bonds is 5. The Hall–Kier alpha value is -1.13. The van der Waals surface area contributed by atoms with Gasteiger partial charge in [-0.1, -0.05) is 0 Å². The largest absolute Gasteiger partial charge is 0.490 e. The van der Waals surface area contributed by atoms with Crippen LogP contribution < -0.4 is 10.5 Å². The van der Waals surface area contributed by atoms with Crippen molar-refractivity contribution in [1.29, 1.82) is 0 Å². The maximum Gasteiger partial charge on any atom is 0.123 e. The molecule has 23 heavy (non-hydrogen) atoms. The molecule has 1 saturated carbocycles. The van der Waals surface area contributed by atoms with E-state index < -0.39 is 0 Å². The van der Waals surface area contributed by atoms with Gasteiger partial charge in [-0.15, -0.1) is 0 Å². The molecule has 0 spiro atoms. The van der Waals surface area contributed by atoms with Gasteiger partial charge in [0.05, 0.1) is 0 Å². The summed E-state index contributed by atoms with van der Waals surface area (Å²) < 4.78 is 18.9. The van der Waals surface area contributed by atoms with E-state index >= 15 is 0 Å². The first-order valence-corrected chi connectivity index (χ1v) is 9.09. The highest BCUT2D eigenvalue weighted by Gasteiger charge is 2.23. The van der Waals surface area contributed by atoms with Crippen LogP contribution in [0.15, 0.2) is 24.3 Å². The first-order chi connectivity index (χ1) is 11.2. The minimum Gasteiger partial charge on any atom is -0.490 e. The first-order valence-electron chi connectivity index (χ1n) is 9.09. The van der Waals surface area contributed by atoms with Gasteiger partial charge >= 0.3 is 0 Å². The molecule has 2 fully saturated rings. The van der Waals surface area contributed by atoms with Crippen LogP contribution in [0.3, 0.4) is 0 Å². The van der Waals surface area contributed by atoms with Crippen LogP contribution in [0.25, 0.3) is 0 Å². The number of likely N-dealkylation sites (tertiary alicyclic amines) is 1. The molecule has 0 amide bonds. The molecule has 3 nitrogen and oxygen atoms in total. The highest BCUT2D eigenvalue weighted by molar-refractivity contribution is 5.22. The topological polar surface area (TPSA) is 38.5 Å². The molecule has 0 aromatic heterocycles. The van der Waals surface area contributed by atoms with E-state index in [1.165, 1.54) is 50.8 Å². The standard InChI is InChI=1S/C19H29FN2O/c20-16-3-7-18(8-4-16)23-19-10-13-22(14-11-19)12-9-15-1-5-17(21)6-2-15/h3-4,7-8,15,17,19H,1-2,5-6,9-14,21H2/t15-,17-. The van der Waals surface area contributed by atoms with Crippen molar-refractivity contribution >= 4 is 0 Å². The molecular formula is C19H29FN2O. The zero-order chi connectivity index (χ0) is 16.1.